The van der Waals surface area contributed by atoms with E-state index in [1.165, 1.54) is 12.3 Å². The van der Waals surface area contributed by atoms with Crippen molar-refractivity contribution < 1.29 is 9.59 Å². The van der Waals surface area contributed by atoms with Crippen LogP contribution in [0.25, 0.3) is 0 Å². The molecule has 1 saturated heterocycles. The topological polar surface area (TPSA) is 88.3 Å². The molecule has 0 unspecified atom stereocenters. The highest BCUT2D eigenvalue weighted by atomic mass is 35.5. The Morgan fingerprint density at radius 3 is 2.79 bits per heavy atom. The molecule has 0 aliphatic carbocycles. The maximum atomic E-state index is 11.9. The predicted octanol–water partition coefficient (Wildman–Crippen LogP) is 0.669. The van der Waals surface area contributed by atoms with Crippen LogP contribution in [-0.4, -0.2) is 41.3 Å². The van der Waals surface area contributed by atoms with E-state index in [1.807, 2.05) is 0 Å². The normalized spacial score (nSPS) is 14.5. The largest absolute Gasteiger partial charge is 0.397 e. The monoisotopic (exact) mass is 282 g/mol. The highest BCUT2D eigenvalue weighted by Gasteiger charge is 2.19. The van der Waals surface area contributed by atoms with E-state index in [0.717, 1.165) is 25.9 Å². The fourth-order valence-corrected chi connectivity index (χ4v) is 2.12. The minimum Gasteiger partial charge on any atom is -0.397 e. The predicted molar refractivity (Wildman–Crippen MR) is 71.8 cm³/mol. The molecule has 2 heterocycles. The third kappa shape index (κ3) is 3.35. The van der Waals surface area contributed by atoms with Crippen molar-refractivity contribution in [3.63, 3.8) is 0 Å². The Kier molecular flexibility index (Phi) is 4.21. The third-order valence-electron chi connectivity index (χ3n) is 3.00. The van der Waals surface area contributed by atoms with Crippen LogP contribution in [0.3, 0.4) is 0 Å². The molecule has 0 radical (unpaired) electrons. The number of pyridine rings is 1. The number of likely N-dealkylation sites (tertiary alicyclic amines) is 1. The van der Waals surface area contributed by atoms with E-state index in [9.17, 15) is 9.59 Å². The maximum Gasteiger partial charge on any atom is 0.253 e. The van der Waals surface area contributed by atoms with Crippen molar-refractivity contribution in [1.82, 2.24) is 15.2 Å². The summed E-state index contributed by atoms with van der Waals surface area (Å²) in [5.41, 5.74) is 6.10. The number of hydrogen-bond acceptors (Lipinski definition) is 4. The van der Waals surface area contributed by atoms with Gasteiger partial charge in [0.05, 0.1) is 24.0 Å². The van der Waals surface area contributed by atoms with Crippen molar-refractivity contribution in [2.45, 2.75) is 12.8 Å². The molecule has 0 saturated carbocycles. The van der Waals surface area contributed by atoms with Crippen LogP contribution in [0.4, 0.5) is 5.69 Å². The lowest BCUT2D eigenvalue weighted by Gasteiger charge is -2.15. The zero-order valence-corrected chi connectivity index (χ0v) is 11.1. The van der Waals surface area contributed by atoms with E-state index in [2.05, 4.69) is 10.3 Å². The number of nitrogens with zero attached hydrogens (tertiary/aromatic N) is 2. The molecule has 0 spiro atoms. The Balaban J connectivity index is 1.93. The quantitative estimate of drug-likeness (QED) is 0.798. The molecule has 1 fully saturated rings. The first-order valence-electron chi connectivity index (χ1n) is 6.05. The first-order valence-corrected chi connectivity index (χ1v) is 6.42. The number of nitrogens with one attached hydrogen (secondary N) is 1. The van der Waals surface area contributed by atoms with Crippen molar-refractivity contribution >= 4 is 29.1 Å². The Labute approximate surface area is 115 Å². The number of carbonyl (C=O) groups is 2. The molecule has 19 heavy (non-hydrogen) atoms. The van der Waals surface area contributed by atoms with Crippen LogP contribution in [0.5, 0.6) is 0 Å². The van der Waals surface area contributed by atoms with Crippen molar-refractivity contribution in [3.8, 4) is 0 Å². The summed E-state index contributed by atoms with van der Waals surface area (Å²) in [5.74, 6) is -0.501. The van der Waals surface area contributed by atoms with Gasteiger partial charge in [0, 0.05) is 13.1 Å². The van der Waals surface area contributed by atoms with Crippen LogP contribution in [0, 0.1) is 0 Å². The van der Waals surface area contributed by atoms with Gasteiger partial charge in [-0.1, -0.05) is 11.6 Å². The minimum absolute atomic E-state index is 0.0295. The summed E-state index contributed by atoms with van der Waals surface area (Å²) in [6, 6.07) is 1.38. The standard InChI is InChI=1S/C12H15ClN4O2/c13-10-5-8(9(14)6-15-10)12(19)16-7-11(18)17-3-1-2-4-17/h5-6H,1-4,7,14H2,(H,16,19). The summed E-state index contributed by atoms with van der Waals surface area (Å²) in [5, 5.41) is 2.73. The Hall–Kier alpha value is -1.82. The summed E-state index contributed by atoms with van der Waals surface area (Å²) < 4.78 is 0. The number of carbonyl (C=O) groups excluding carboxylic acids is 2. The fraction of sp³-hybridized carbons (Fsp3) is 0.417. The third-order valence-corrected chi connectivity index (χ3v) is 3.21. The molecule has 3 N–H and O–H groups in total. The van der Waals surface area contributed by atoms with Gasteiger partial charge in [-0.25, -0.2) is 4.98 Å². The average molecular weight is 283 g/mol. The second-order valence-corrected chi connectivity index (χ2v) is 4.75. The van der Waals surface area contributed by atoms with Crippen LogP contribution in [0.1, 0.15) is 23.2 Å². The van der Waals surface area contributed by atoms with Gasteiger partial charge in [-0.3, -0.25) is 9.59 Å². The van der Waals surface area contributed by atoms with Crippen molar-refractivity contribution in [1.29, 1.82) is 0 Å². The van der Waals surface area contributed by atoms with Crippen LogP contribution < -0.4 is 11.1 Å². The molecule has 6 nitrogen and oxygen atoms in total. The number of nitrogen functional groups attached to an aromatic ring is 1. The molecule has 1 aliphatic heterocycles. The minimum atomic E-state index is -0.422. The Morgan fingerprint density at radius 1 is 1.42 bits per heavy atom. The van der Waals surface area contributed by atoms with Crippen LogP contribution >= 0.6 is 11.6 Å². The van der Waals surface area contributed by atoms with Crippen molar-refractivity contribution in [3.05, 3.63) is 23.0 Å². The van der Waals surface area contributed by atoms with Crippen molar-refractivity contribution in [2.24, 2.45) is 0 Å². The summed E-state index contributed by atoms with van der Waals surface area (Å²) in [6.07, 6.45) is 3.36. The summed E-state index contributed by atoms with van der Waals surface area (Å²) in [4.78, 5) is 29.2. The molecule has 1 aliphatic rings. The second-order valence-electron chi connectivity index (χ2n) is 4.36. The highest BCUT2D eigenvalue weighted by Crippen LogP contribution is 2.14. The lowest BCUT2D eigenvalue weighted by molar-refractivity contribution is -0.129. The number of halogens is 1. The van der Waals surface area contributed by atoms with Gasteiger partial charge in [0.25, 0.3) is 5.91 Å². The summed E-state index contributed by atoms with van der Waals surface area (Å²) >= 11 is 5.71. The first kappa shape index (κ1) is 13.6. The number of rotatable bonds is 3. The lowest BCUT2D eigenvalue weighted by Crippen LogP contribution is -2.38. The number of hydrogen-bond donors (Lipinski definition) is 2. The molecule has 0 aromatic carbocycles. The van der Waals surface area contributed by atoms with Gasteiger partial charge in [-0.15, -0.1) is 0 Å². The zero-order valence-electron chi connectivity index (χ0n) is 10.4. The van der Waals surface area contributed by atoms with E-state index < -0.39 is 5.91 Å². The fourth-order valence-electron chi connectivity index (χ4n) is 1.97. The number of aromatic nitrogens is 1. The number of amides is 2. The Bertz CT molecular complexity index is 501. The van der Waals surface area contributed by atoms with Crippen LogP contribution in [0.2, 0.25) is 5.15 Å². The first-order chi connectivity index (χ1) is 9.08. The molecule has 1 aromatic heterocycles. The maximum absolute atomic E-state index is 11.9. The van der Waals surface area contributed by atoms with E-state index in [0.29, 0.717) is 0 Å². The molecule has 0 bridgehead atoms. The van der Waals surface area contributed by atoms with Crippen LogP contribution in [-0.2, 0) is 4.79 Å². The van der Waals surface area contributed by atoms with E-state index in [4.69, 9.17) is 17.3 Å². The van der Waals surface area contributed by atoms with Gasteiger partial charge in [0.15, 0.2) is 0 Å². The number of anilines is 1. The molecule has 7 heteroatoms. The molecular weight excluding hydrogens is 268 g/mol. The molecule has 0 atom stereocenters. The van der Waals surface area contributed by atoms with Gasteiger partial charge >= 0.3 is 0 Å². The molecule has 1 aromatic rings. The van der Waals surface area contributed by atoms with Gasteiger partial charge in [0.1, 0.15) is 5.15 Å². The molecule has 2 rings (SSSR count). The SMILES string of the molecule is Nc1cnc(Cl)cc1C(=O)NCC(=O)N1CCCC1. The molecule has 102 valence electrons. The van der Waals surface area contributed by atoms with E-state index >= 15 is 0 Å². The second kappa shape index (κ2) is 5.88. The Morgan fingerprint density at radius 2 is 2.11 bits per heavy atom. The lowest BCUT2D eigenvalue weighted by atomic mass is 10.2. The zero-order chi connectivity index (χ0) is 13.8. The molecule has 2 amide bonds. The van der Waals surface area contributed by atoms with Gasteiger partial charge in [-0.05, 0) is 18.9 Å². The summed E-state index contributed by atoms with van der Waals surface area (Å²) in [6.45, 7) is 1.49. The highest BCUT2D eigenvalue weighted by molar-refractivity contribution is 6.29. The van der Waals surface area contributed by atoms with Crippen LogP contribution in [0.15, 0.2) is 12.3 Å². The smallest absolute Gasteiger partial charge is 0.253 e. The summed E-state index contributed by atoms with van der Waals surface area (Å²) in [7, 11) is 0. The average Bonchev–Trinajstić information content (AvgIpc) is 2.92. The van der Waals surface area contributed by atoms with Gasteiger partial charge < -0.3 is 16.0 Å². The number of nitrogens with two attached hydrogens (primary N) is 1. The van der Waals surface area contributed by atoms with E-state index in [-0.39, 0.29) is 28.9 Å². The van der Waals surface area contributed by atoms with E-state index in [1.54, 1.807) is 4.90 Å². The van der Waals surface area contributed by atoms with Gasteiger partial charge in [0.2, 0.25) is 5.91 Å². The van der Waals surface area contributed by atoms with Gasteiger partial charge in [-0.2, -0.15) is 0 Å². The molecular formula is C12H15ClN4O2. The van der Waals surface area contributed by atoms with Crippen molar-refractivity contribution in [2.75, 3.05) is 25.4 Å².